The highest BCUT2D eigenvalue weighted by Crippen LogP contribution is 2.11. The summed E-state index contributed by atoms with van der Waals surface area (Å²) in [4.78, 5) is 15.6. The van der Waals surface area contributed by atoms with E-state index >= 15 is 0 Å². The molecule has 2 aromatic rings. The summed E-state index contributed by atoms with van der Waals surface area (Å²) < 4.78 is 26.0. The van der Waals surface area contributed by atoms with E-state index in [2.05, 4.69) is 4.98 Å². The largest absolute Gasteiger partial charge is 0.289 e. The van der Waals surface area contributed by atoms with E-state index in [-0.39, 0.29) is 5.56 Å². The zero-order chi connectivity index (χ0) is 13.0. The second-order valence-corrected chi connectivity index (χ2v) is 3.61. The normalized spacial score (nSPS) is 10.8. The lowest BCUT2D eigenvalue weighted by Gasteiger charge is -1.98. The fourth-order valence-electron chi connectivity index (χ4n) is 1.43. The summed E-state index contributed by atoms with van der Waals surface area (Å²) in [6.45, 7) is 0. The number of hydrogen-bond donors (Lipinski definition) is 0. The quantitative estimate of drug-likeness (QED) is 0.613. The molecule has 90 valence electrons. The first-order valence-corrected chi connectivity index (χ1v) is 5.24. The maximum absolute atomic E-state index is 13.3. The number of carbonyl (C=O) groups excluding carboxylic acids is 1. The number of aromatic nitrogens is 1. The molecule has 0 amide bonds. The summed E-state index contributed by atoms with van der Waals surface area (Å²) in [5, 5.41) is 0. The predicted molar refractivity (Wildman–Crippen MR) is 64.0 cm³/mol. The topological polar surface area (TPSA) is 30.0 Å². The van der Waals surface area contributed by atoms with Crippen LogP contribution in [0.15, 0.2) is 48.8 Å². The Kier molecular flexibility index (Phi) is 3.57. The Labute approximate surface area is 103 Å². The van der Waals surface area contributed by atoms with Gasteiger partial charge in [-0.1, -0.05) is 6.07 Å². The second-order valence-electron chi connectivity index (χ2n) is 3.61. The molecule has 0 bridgehead atoms. The average Bonchev–Trinajstić information content (AvgIpc) is 2.37. The van der Waals surface area contributed by atoms with Crippen molar-refractivity contribution in [1.82, 2.24) is 4.98 Å². The molecule has 0 saturated heterocycles. The smallest absolute Gasteiger partial charge is 0.188 e. The molecule has 1 heterocycles. The highest BCUT2D eigenvalue weighted by atomic mass is 19.1. The van der Waals surface area contributed by atoms with E-state index in [1.165, 1.54) is 12.2 Å². The van der Waals surface area contributed by atoms with Gasteiger partial charge < -0.3 is 0 Å². The van der Waals surface area contributed by atoms with Gasteiger partial charge in [-0.05, 0) is 35.9 Å². The summed E-state index contributed by atoms with van der Waals surface area (Å²) in [6, 6.07) is 6.35. The van der Waals surface area contributed by atoms with Crippen LogP contribution >= 0.6 is 0 Å². The van der Waals surface area contributed by atoms with E-state index in [1.807, 2.05) is 0 Å². The Bertz CT molecular complexity index is 594. The number of halogens is 2. The van der Waals surface area contributed by atoms with Gasteiger partial charge in [-0.15, -0.1) is 0 Å². The van der Waals surface area contributed by atoms with Crippen molar-refractivity contribution in [2.75, 3.05) is 0 Å². The molecule has 0 atom stereocenters. The van der Waals surface area contributed by atoms with Crippen LogP contribution in [0.3, 0.4) is 0 Å². The first-order valence-electron chi connectivity index (χ1n) is 5.24. The van der Waals surface area contributed by atoms with Crippen LogP contribution in [-0.2, 0) is 0 Å². The van der Waals surface area contributed by atoms with E-state index in [0.29, 0.717) is 6.07 Å². The Hall–Kier alpha value is -2.36. The van der Waals surface area contributed by atoms with E-state index in [0.717, 1.165) is 17.7 Å². The van der Waals surface area contributed by atoms with Crippen molar-refractivity contribution in [2.24, 2.45) is 0 Å². The SMILES string of the molecule is O=C(C=Cc1cccnc1)c1ccc(F)cc1F. The average molecular weight is 245 g/mol. The molecule has 0 spiro atoms. The van der Waals surface area contributed by atoms with Gasteiger partial charge in [0.1, 0.15) is 11.6 Å². The zero-order valence-corrected chi connectivity index (χ0v) is 9.31. The number of rotatable bonds is 3. The van der Waals surface area contributed by atoms with Gasteiger partial charge >= 0.3 is 0 Å². The summed E-state index contributed by atoms with van der Waals surface area (Å²) in [5.74, 6) is -2.09. The van der Waals surface area contributed by atoms with Crippen LogP contribution in [0.25, 0.3) is 6.08 Å². The lowest BCUT2D eigenvalue weighted by atomic mass is 10.1. The first-order chi connectivity index (χ1) is 8.66. The molecule has 0 aliphatic rings. The van der Waals surface area contributed by atoms with Crippen molar-refractivity contribution in [3.63, 3.8) is 0 Å². The number of pyridine rings is 1. The number of nitrogens with zero attached hydrogens (tertiary/aromatic N) is 1. The number of hydrogen-bond acceptors (Lipinski definition) is 2. The third-order valence-corrected chi connectivity index (χ3v) is 2.31. The number of ketones is 1. The highest BCUT2D eigenvalue weighted by Gasteiger charge is 2.09. The fraction of sp³-hybridized carbons (Fsp3) is 0. The van der Waals surface area contributed by atoms with Gasteiger partial charge in [0.15, 0.2) is 5.78 Å². The summed E-state index contributed by atoms with van der Waals surface area (Å²) in [7, 11) is 0. The first kappa shape index (κ1) is 12.1. The molecule has 0 aliphatic heterocycles. The van der Waals surface area contributed by atoms with Crippen molar-refractivity contribution in [1.29, 1.82) is 0 Å². The van der Waals surface area contributed by atoms with Crippen molar-refractivity contribution >= 4 is 11.9 Å². The molecule has 1 aromatic carbocycles. The van der Waals surface area contributed by atoms with Gasteiger partial charge in [-0.25, -0.2) is 8.78 Å². The maximum Gasteiger partial charge on any atom is 0.188 e. The molecule has 4 heteroatoms. The molecular weight excluding hydrogens is 236 g/mol. The Morgan fingerprint density at radius 1 is 1.22 bits per heavy atom. The van der Waals surface area contributed by atoms with Crippen LogP contribution in [0, 0.1) is 11.6 Å². The van der Waals surface area contributed by atoms with E-state index in [4.69, 9.17) is 0 Å². The summed E-state index contributed by atoms with van der Waals surface area (Å²) >= 11 is 0. The van der Waals surface area contributed by atoms with Crippen LogP contribution in [0.2, 0.25) is 0 Å². The third-order valence-electron chi connectivity index (χ3n) is 2.31. The minimum atomic E-state index is -0.865. The summed E-state index contributed by atoms with van der Waals surface area (Å²) in [6.07, 6.45) is 5.94. The lowest BCUT2D eigenvalue weighted by molar-refractivity contribution is 0.104. The van der Waals surface area contributed by atoms with Crippen molar-refractivity contribution in [2.45, 2.75) is 0 Å². The monoisotopic (exact) mass is 245 g/mol. The fourth-order valence-corrected chi connectivity index (χ4v) is 1.43. The van der Waals surface area contributed by atoms with Crippen LogP contribution in [0.4, 0.5) is 8.78 Å². The van der Waals surface area contributed by atoms with E-state index < -0.39 is 17.4 Å². The molecule has 2 nitrogen and oxygen atoms in total. The van der Waals surface area contributed by atoms with Gasteiger partial charge in [-0.2, -0.15) is 0 Å². The molecule has 0 aliphatic carbocycles. The molecule has 1 aromatic heterocycles. The van der Waals surface area contributed by atoms with Crippen LogP contribution in [-0.4, -0.2) is 10.8 Å². The van der Waals surface area contributed by atoms with E-state index in [1.54, 1.807) is 24.5 Å². The molecule has 0 fully saturated rings. The Morgan fingerprint density at radius 2 is 2.06 bits per heavy atom. The van der Waals surface area contributed by atoms with Gasteiger partial charge in [0.25, 0.3) is 0 Å². The van der Waals surface area contributed by atoms with Crippen LogP contribution in [0.5, 0.6) is 0 Å². The lowest BCUT2D eigenvalue weighted by Crippen LogP contribution is -1.99. The van der Waals surface area contributed by atoms with Crippen LogP contribution in [0.1, 0.15) is 15.9 Å². The molecule has 0 saturated carbocycles. The number of benzene rings is 1. The van der Waals surface area contributed by atoms with Crippen molar-refractivity contribution in [3.05, 3.63) is 71.6 Å². The van der Waals surface area contributed by atoms with Gasteiger partial charge in [0, 0.05) is 18.5 Å². The molecule has 2 rings (SSSR count). The number of allylic oxidation sites excluding steroid dienone is 1. The van der Waals surface area contributed by atoms with Gasteiger partial charge in [-0.3, -0.25) is 9.78 Å². The van der Waals surface area contributed by atoms with Crippen molar-refractivity contribution in [3.8, 4) is 0 Å². The second kappa shape index (κ2) is 5.31. The standard InChI is InChI=1S/C14H9F2NO/c15-11-4-5-12(13(16)8-11)14(18)6-3-10-2-1-7-17-9-10/h1-9H. The van der Waals surface area contributed by atoms with Crippen molar-refractivity contribution < 1.29 is 13.6 Å². The maximum atomic E-state index is 13.3. The molecular formula is C14H9F2NO. The molecule has 0 radical (unpaired) electrons. The van der Waals surface area contributed by atoms with Gasteiger partial charge in [0.05, 0.1) is 5.56 Å². The van der Waals surface area contributed by atoms with Crippen LogP contribution < -0.4 is 0 Å². The number of carbonyl (C=O) groups is 1. The summed E-state index contributed by atoms with van der Waals surface area (Å²) in [5.41, 5.74) is 0.574. The molecule has 0 N–H and O–H groups in total. The Balaban J connectivity index is 2.20. The van der Waals surface area contributed by atoms with E-state index in [9.17, 15) is 13.6 Å². The highest BCUT2D eigenvalue weighted by molar-refractivity contribution is 6.06. The minimum Gasteiger partial charge on any atom is -0.289 e. The minimum absolute atomic E-state index is 0.156. The third kappa shape index (κ3) is 2.85. The van der Waals surface area contributed by atoms with Gasteiger partial charge in [0.2, 0.25) is 0 Å². The predicted octanol–water partition coefficient (Wildman–Crippen LogP) is 3.26. The Morgan fingerprint density at radius 3 is 2.72 bits per heavy atom. The molecule has 0 unspecified atom stereocenters. The molecule has 18 heavy (non-hydrogen) atoms. The zero-order valence-electron chi connectivity index (χ0n) is 9.31.